The second-order valence-electron chi connectivity index (χ2n) is 5.41. The Labute approximate surface area is 162 Å². The number of phenols is 1. The summed E-state index contributed by atoms with van der Waals surface area (Å²) in [6, 6.07) is 10.4. The Balaban J connectivity index is 2.00. The lowest BCUT2D eigenvalue weighted by atomic mass is 10.2. The van der Waals surface area contributed by atoms with Crippen LogP contribution in [0.5, 0.6) is 11.5 Å². The molecule has 0 unspecified atom stereocenters. The minimum atomic E-state index is -3.84. The number of rotatable bonds is 7. The normalized spacial score (nSPS) is 11.7. The summed E-state index contributed by atoms with van der Waals surface area (Å²) in [5, 5.41) is 14.1. The Kier molecular flexibility index (Phi) is 6.78. The van der Waals surface area contributed by atoms with Gasteiger partial charge in [-0.25, -0.2) is 13.8 Å². The summed E-state index contributed by atoms with van der Waals surface area (Å²) in [6.07, 6.45) is 1.23. The number of amides is 1. The molecule has 2 aromatic rings. The van der Waals surface area contributed by atoms with E-state index in [2.05, 4.69) is 10.5 Å². The minimum Gasteiger partial charge on any atom is -0.504 e. The van der Waals surface area contributed by atoms with E-state index in [4.69, 9.17) is 16.3 Å². The molecule has 144 valence electrons. The number of benzene rings is 2. The minimum absolute atomic E-state index is 0.0204. The van der Waals surface area contributed by atoms with E-state index in [0.717, 1.165) is 4.31 Å². The fourth-order valence-electron chi connectivity index (χ4n) is 2.09. The second-order valence-corrected chi connectivity index (χ2v) is 7.89. The first-order chi connectivity index (χ1) is 12.8. The van der Waals surface area contributed by atoms with Crippen LogP contribution in [0.25, 0.3) is 0 Å². The number of aromatic hydroxyl groups is 1. The molecule has 0 heterocycles. The van der Waals surface area contributed by atoms with E-state index in [1.807, 2.05) is 0 Å². The molecule has 0 saturated carbocycles. The third-order valence-corrected chi connectivity index (χ3v) is 5.60. The van der Waals surface area contributed by atoms with E-state index >= 15 is 0 Å². The van der Waals surface area contributed by atoms with Crippen molar-refractivity contribution in [3.63, 3.8) is 0 Å². The lowest BCUT2D eigenvalue weighted by Crippen LogP contribution is -2.36. The zero-order valence-corrected chi connectivity index (χ0v) is 16.2. The average Bonchev–Trinajstić information content (AvgIpc) is 2.63. The molecule has 8 nitrogen and oxygen atoms in total. The van der Waals surface area contributed by atoms with Crippen molar-refractivity contribution in [2.45, 2.75) is 4.90 Å². The largest absolute Gasteiger partial charge is 0.504 e. The molecule has 0 aliphatic carbocycles. The zero-order chi connectivity index (χ0) is 20.0. The molecule has 10 heteroatoms. The monoisotopic (exact) mass is 411 g/mol. The number of hydrogen-bond acceptors (Lipinski definition) is 6. The van der Waals surface area contributed by atoms with Gasteiger partial charge in [0.15, 0.2) is 11.5 Å². The Morgan fingerprint density at radius 1 is 1.30 bits per heavy atom. The number of ether oxygens (including phenoxy) is 1. The van der Waals surface area contributed by atoms with Crippen molar-refractivity contribution in [2.24, 2.45) is 5.10 Å². The second kappa shape index (κ2) is 8.85. The van der Waals surface area contributed by atoms with Crippen molar-refractivity contribution in [3.05, 3.63) is 53.1 Å². The summed E-state index contributed by atoms with van der Waals surface area (Å²) in [5.41, 5.74) is 2.54. The molecule has 0 spiro atoms. The van der Waals surface area contributed by atoms with Crippen molar-refractivity contribution in [3.8, 4) is 11.5 Å². The topological polar surface area (TPSA) is 108 Å². The van der Waals surface area contributed by atoms with Gasteiger partial charge in [0, 0.05) is 17.6 Å². The molecule has 0 aliphatic heterocycles. The number of nitrogens with zero attached hydrogens (tertiary/aromatic N) is 2. The quantitative estimate of drug-likeness (QED) is 0.533. The molecule has 0 aromatic heterocycles. The lowest BCUT2D eigenvalue weighted by Gasteiger charge is -2.16. The van der Waals surface area contributed by atoms with Gasteiger partial charge in [-0.15, -0.1) is 0 Å². The zero-order valence-electron chi connectivity index (χ0n) is 14.6. The third-order valence-electron chi connectivity index (χ3n) is 3.53. The molecule has 2 N–H and O–H groups in total. The van der Waals surface area contributed by atoms with E-state index in [0.29, 0.717) is 10.6 Å². The number of carbonyl (C=O) groups excluding carboxylic acids is 1. The number of halogens is 1. The molecule has 0 aliphatic rings. The number of carbonyl (C=O) groups is 1. The molecule has 0 radical (unpaired) electrons. The van der Waals surface area contributed by atoms with Crippen LogP contribution in [-0.2, 0) is 14.8 Å². The van der Waals surface area contributed by atoms with Crippen LogP contribution in [0.1, 0.15) is 5.56 Å². The van der Waals surface area contributed by atoms with Gasteiger partial charge in [-0.3, -0.25) is 4.79 Å². The van der Waals surface area contributed by atoms with Gasteiger partial charge in [0.05, 0.1) is 24.8 Å². The average molecular weight is 412 g/mol. The van der Waals surface area contributed by atoms with Crippen LogP contribution in [0.4, 0.5) is 0 Å². The van der Waals surface area contributed by atoms with Crippen molar-refractivity contribution in [1.82, 2.24) is 9.73 Å². The Bertz CT molecular complexity index is 946. The molecular weight excluding hydrogens is 394 g/mol. The number of sulfonamides is 1. The molecule has 2 rings (SSSR count). The van der Waals surface area contributed by atoms with E-state index in [-0.39, 0.29) is 16.4 Å². The van der Waals surface area contributed by atoms with E-state index in [1.165, 1.54) is 44.6 Å². The Morgan fingerprint density at radius 2 is 1.96 bits per heavy atom. The van der Waals surface area contributed by atoms with Gasteiger partial charge in [0.2, 0.25) is 10.0 Å². The van der Waals surface area contributed by atoms with Crippen molar-refractivity contribution < 1.29 is 23.1 Å². The first-order valence-corrected chi connectivity index (χ1v) is 9.47. The summed E-state index contributed by atoms with van der Waals surface area (Å²) >= 11 is 5.75. The van der Waals surface area contributed by atoms with Gasteiger partial charge in [-0.1, -0.05) is 17.7 Å². The Hall–Kier alpha value is -2.62. The number of phenolic OH excluding ortho intramolecular Hbond substituents is 1. The van der Waals surface area contributed by atoms with Crippen LogP contribution in [0.2, 0.25) is 5.02 Å². The number of hydrazone groups is 1. The Morgan fingerprint density at radius 3 is 2.59 bits per heavy atom. The van der Waals surface area contributed by atoms with Gasteiger partial charge < -0.3 is 9.84 Å². The van der Waals surface area contributed by atoms with Crippen LogP contribution in [0, 0.1) is 0 Å². The van der Waals surface area contributed by atoms with Gasteiger partial charge in [0.25, 0.3) is 5.91 Å². The highest BCUT2D eigenvalue weighted by Gasteiger charge is 2.22. The highest BCUT2D eigenvalue weighted by atomic mass is 35.5. The highest BCUT2D eigenvalue weighted by Crippen LogP contribution is 2.27. The van der Waals surface area contributed by atoms with Gasteiger partial charge in [-0.2, -0.15) is 9.41 Å². The maximum Gasteiger partial charge on any atom is 0.255 e. The number of methoxy groups -OCH3 is 1. The molecule has 27 heavy (non-hydrogen) atoms. The van der Waals surface area contributed by atoms with Gasteiger partial charge in [0.1, 0.15) is 0 Å². The van der Waals surface area contributed by atoms with Crippen LogP contribution in [-0.4, -0.2) is 50.7 Å². The first kappa shape index (κ1) is 20.7. The van der Waals surface area contributed by atoms with Crippen LogP contribution < -0.4 is 10.2 Å². The number of nitrogens with one attached hydrogen (secondary N) is 1. The highest BCUT2D eigenvalue weighted by molar-refractivity contribution is 7.89. The molecular formula is C17H18ClN3O5S. The lowest BCUT2D eigenvalue weighted by molar-refractivity contribution is -0.121. The summed E-state index contributed by atoms with van der Waals surface area (Å²) < 4.78 is 30.7. The molecule has 0 fully saturated rings. The van der Waals surface area contributed by atoms with Crippen molar-refractivity contribution in [1.29, 1.82) is 0 Å². The SMILES string of the molecule is COc1cccc(/C=N/NC(=O)CN(C)S(=O)(=O)c2ccc(Cl)cc2)c1O. The predicted octanol–water partition coefficient (Wildman–Crippen LogP) is 1.82. The van der Waals surface area contributed by atoms with E-state index < -0.39 is 22.5 Å². The molecule has 1 amide bonds. The maximum atomic E-state index is 12.4. The van der Waals surface area contributed by atoms with E-state index in [1.54, 1.807) is 18.2 Å². The standard InChI is InChI=1S/C17H18ClN3O5S/c1-21(27(24,25)14-8-6-13(18)7-9-14)11-16(22)20-19-10-12-4-3-5-15(26-2)17(12)23/h3-10,23H,11H2,1-2H3,(H,20,22)/b19-10+. The van der Waals surface area contributed by atoms with Crippen LogP contribution in [0.15, 0.2) is 52.5 Å². The summed E-state index contributed by atoms with van der Waals surface area (Å²) in [7, 11) is -1.15. The predicted molar refractivity (Wildman–Crippen MR) is 102 cm³/mol. The van der Waals surface area contributed by atoms with E-state index in [9.17, 15) is 18.3 Å². The summed E-state index contributed by atoms with van der Waals surface area (Å²) in [5.74, 6) is -0.506. The van der Waals surface area contributed by atoms with Crippen molar-refractivity contribution >= 4 is 33.7 Å². The smallest absolute Gasteiger partial charge is 0.255 e. The number of para-hydroxylation sites is 1. The number of hydrogen-bond donors (Lipinski definition) is 2. The van der Waals surface area contributed by atoms with Crippen LogP contribution >= 0.6 is 11.6 Å². The summed E-state index contributed by atoms with van der Waals surface area (Å²) in [4.78, 5) is 12.0. The van der Waals surface area contributed by atoms with Gasteiger partial charge in [-0.05, 0) is 36.4 Å². The molecule has 2 aromatic carbocycles. The van der Waals surface area contributed by atoms with Gasteiger partial charge >= 0.3 is 0 Å². The van der Waals surface area contributed by atoms with Crippen molar-refractivity contribution in [2.75, 3.05) is 20.7 Å². The first-order valence-electron chi connectivity index (χ1n) is 7.65. The fourth-order valence-corrected chi connectivity index (χ4v) is 3.34. The summed E-state index contributed by atoms with van der Waals surface area (Å²) in [6.45, 7) is -0.438. The number of likely N-dealkylation sites (N-methyl/N-ethyl adjacent to an activating group) is 1. The fraction of sp³-hybridized carbons (Fsp3) is 0.176. The maximum absolute atomic E-state index is 12.4. The third kappa shape index (κ3) is 5.19. The molecule has 0 bridgehead atoms. The molecule has 0 atom stereocenters. The van der Waals surface area contributed by atoms with Crippen LogP contribution in [0.3, 0.4) is 0 Å². The molecule has 0 saturated heterocycles.